The van der Waals surface area contributed by atoms with Crippen molar-refractivity contribution in [3.8, 4) is 28.6 Å². The summed E-state index contributed by atoms with van der Waals surface area (Å²) >= 11 is 0. The summed E-state index contributed by atoms with van der Waals surface area (Å²) in [5, 5.41) is 0.488. The maximum absolute atomic E-state index is 12.5. The van der Waals surface area contributed by atoms with Gasteiger partial charge in [0, 0.05) is 17.3 Å². The maximum atomic E-state index is 12.5. The number of fused-ring (bicyclic) bond motifs is 1. The summed E-state index contributed by atoms with van der Waals surface area (Å²) in [6.07, 6.45) is 0. The Morgan fingerprint density at radius 3 is 2.12 bits per heavy atom. The van der Waals surface area contributed by atoms with Crippen LogP contribution >= 0.6 is 0 Å². The first-order valence-electron chi connectivity index (χ1n) is 7.71. The van der Waals surface area contributed by atoms with Crippen molar-refractivity contribution in [3.63, 3.8) is 0 Å². The largest absolute Gasteiger partial charge is 0.493 e. The van der Waals surface area contributed by atoms with E-state index in [2.05, 4.69) is 4.98 Å². The molecule has 6 heteroatoms. The van der Waals surface area contributed by atoms with Crippen LogP contribution in [0.2, 0.25) is 0 Å². The third-order valence-corrected chi connectivity index (χ3v) is 3.98. The molecule has 0 radical (unpaired) electrons. The van der Waals surface area contributed by atoms with Gasteiger partial charge in [0.05, 0.1) is 26.7 Å². The van der Waals surface area contributed by atoms with E-state index < -0.39 is 0 Å². The van der Waals surface area contributed by atoms with Gasteiger partial charge in [-0.2, -0.15) is 0 Å². The molecule has 6 nitrogen and oxygen atoms in total. The second-order valence-corrected chi connectivity index (χ2v) is 5.65. The predicted octanol–water partition coefficient (Wildman–Crippen LogP) is 3.50. The first-order valence-corrected chi connectivity index (χ1v) is 7.71. The lowest BCUT2D eigenvalue weighted by atomic mass is 10.1. The molecule has 2 aromatic heterocycles. The Morgan fingerprint density at radius 2 is 1.56 bits per heavy atom. The number of aromatic nitrogens is 1. The molecule has 0 fully saturated rings. The molecule has 0 amide bonds. The zero-order valence-corrected chi connectivity index (χ0v) is 14.8. The van der Waals surface area contributed by atoms with Crippen molar-refractivity contribution in [2.24, 2.45) is 0 Å². The van der Waals surface area contributed by atoms with E-state index in [0.717, 1.165) is 11.3 Å². The van der Waals surface area contributed by atoms with Crippen LogP contribution in [0.1, 0.15) is 11.3 Å². The molecule has 0 atom stereocenters. The quantitative estimate of drug-likeness (QED) is 0.723. The summed E-state index contributed by atoms with van der Waals surface area (Å²) in [4.78, 5) is 16.9. The number of ether oxygens (including phenoxy) is 3. The molecule has 0 bridgehead atoms. The summed E-state index contributed by atoms with van der Waals surface area (Å²) in [6, 6.07) is 6.77. The highest BCUT2D eigenvalue weighted by atomic mass is 16.5. The van der Waals surface area contributed by atoms with Gasteiger partial charge in [-0.1, -0.05) is 0 Å². The van der Waals surface area contributed by atoms with E-state index in [-0.39, 0.29) is 5.43 Å². The molecule has 25 heavy (non-hydrogen) atoms. The fraction of sp³-hybridized carbons (Fsp3) is 0.263. The summed E-state index contributed by atoms with van der Waals surface area (Å²) in [7, 11) is 4.60. The fourth-order valence-electron chi connectivity index (χ4n) is 2.87. The van der Waals surface area contributed by atoms with Crippen molar-refractivity contribution in [2.75, 3.05) is 21.3 Å². The number of benzene rings is 1. The fourth-order valence-corrected chi connectivity index (χ4v) is 2.87. The Kier molecular flexibility index (Phi) is 4.35. The number of methoxy groups -OCH3 is 3. The molecular weight excluding hydrogens is 322 g/mol. The molecule has 0 saturated heterocycles. The lowest BCUT2D eigenvalue weighted by Gasteiger charge is -2.14. The second-order valence-electron chi connectivity index (χ2n) is 5.65. The normalized spacial score (nSPS) is 10.8. The standard InChI is InChI=1S/C19H19NO5/c1-10-6-11(2)20-19-17(10)13(21)9-14(25-19)12-7-15(22-3)18(24-5)16(8-12)23-4/h6-9H,1-5H3. The average molecular weight is 341 g/mol. The van der Waals surface area contributed by atoms with Crippen LogP contribution < -0.4 is 19.6 Å². The Labute approximate surface area is 145 Å². The van der Waals surface area contributed by atoms with Crippen LogP contribution in [0.5, 0.6) is 17.2 Å². The first-order chi connectivity index (χ1) is 12.0. The lowest BCUT2D eigenvalue weighted by Crippen LogP contribution is -2.04. The minimum Gasteiger partial charge on any atom is -0.493 e. The minimum atomic E-state index is -0.144. The Balaban J connectivity index is 2.28. The van der Waals surface area contributed by atoms with Gasteiger partial charge in [-0.3, -0.25) is 4.79 Å². The third kappa shape index (κ3) is 2.91. The van der Waals surface area contributed by atoms with Crippen molar-refractivity contribution < 1.29 is 18.6 Å². The number of hydrogen-bond acceptors (Lipinski definition) is 6. The van der Waals surface area contributed by atoms with Crippen LogP contribution in [0.4, 0.5) is 0 Å². The van der Waals surface area contributed by atoms with Gasteiger partial charge in [-0.05, 0) is 37.6 Å². The zero-order valence-electron chi connectivity index (χ0n) is 14.8. The SMILES string of the molecule is COc1cc(-c2cc(=O)c3c(C)cc(C)nc3o2)cc(OC)c1OC. The van der Waals surface area contributed by atoms with E-state index in [1.165, 1.54) is 27.4 Å². The van der Waals surface area contributed by atoms with Crippen LogP contribution in [-0.2, 0) is 0 Å². The number of aryl methyl sites for hydroxylation is 2. The summed E-state index contributed by atoms with van der Waals surface area (Å²) in [5.74, 6) is 1.82. The van der Waals surface area contributed by atoms with Gasteiger partial charge in [0.25, 0.3) is 0 Å². The zero-order chi connectivity index (χ0) is 18.1. The molecule has 3 rings (SSSR count). The van der Waals surface area contributed by atoms with Gasteiger partial charge in [-0.25, -0.2) is 4.98 Å². The lowest BCUT2D eigenvalue weighted by molar-refractivity contribution is 0.324. The molecule has 0 N–H and O–H groups in total. The van der Waals surface area contributed by atoms with Crippen LogP contribution in [0.3, 0.4) is 0 Å². The van der Waals surface area contributed by atoms with E-state index in [4.69, 9.17) is 18.6 Å². The highest BCUT2D eigenvalue weighted by molar-refractivity contribution is 5.79. The molecule has 0 saturated carbocycles. The minimum absolute atomic E-state index is 0.144. The number of nitrogens with zero attached hydrogens (tertiary/aromatic N) is 1. The second kappa shape index (κ2) is 6.47. The van der Waals surface area contributed by atoms with Gasteiger partial charge >= 0.3 is 0 Å². The summed E-state index contributed by atoms with van der Waals surface area (Å²) in [5.41, 5.74) is 2.43. The van der Waals surface area contributed by atoms with E-state index in [1.807, 2.05) is 19.9 Å². The number of pyridine rings is 1. The van der Waals surface area contributed by atoms with Gasteiger partial charge in [0.2, 0.25) is 11.5 Å². The molecule has 0 unspecified atom stereocenters. The third-order valence-electron chi connectivity index (χ3n) is 3.98. The molecule has 1 aromatic carbocycles. The topological polar surface area (TPSA) is 70.8 Å². The van der Waals surface area contributed by atoms with Crippen molar-refractivity contribution in [3.05, 3.63) is 45.7 Å². The molecular formula is C19H19NO5. The average Bonchev–Trinajstić information content (AvgIpc) is 2.59. The van der Waals surface area contributed by atoms with Crippen LogP contribution in [0.15, 0.2) is 33.5 Å². The van der Waals surface area contributed by atoms with Crippen LogP contribution in [0.25, 0.3) is 22.4 Å². The molecule has 2 heterocycles. The van der Waals surface area contributed by atoms with E-state index in [9.17, 15) is 4.79 Å². The molecule has 0 aliphatic carbocycles. The monoisotopic (exact) mass is 341 g/mol. The van der Waals surface area contributed by atoms with Gasteiger partial charge in [0.15, 0.2) is 16.9 Å². The molecule has 0 aliphatic heterocycles. The molecule has 3 aromatic rings. The van der Waals surface area contributed by atoms with Crippen molar-refractivity contribution in [2.45, 2.75) is 13.8 Å². The Morgan fingerprint density at radius 1 is 0.920 bits per heavy atom. The van der Waals surface area contributed by atoms with Crippen LogP contribution in [-0.4, -0.2) is 26.3 Å². The maximum Gasteiger partial charge on any atom is 0.231 e. The van der Waals surface area contributed by atoms with Gasteiger partial charge < -0.3 is 18.6 Å². The van der Waals surface area contributed by atoms with E-state index in [0.29, 0.717) is 39.7 Å². The van der Waals surface area contributed by atoms with Gasteiger partial charge in [-0.15, -0.1) is 0 Å². The Hall–Kier alpha value is -3.02. The van der Waals surface area contributed by atoms with Crippen molar-refractivity contribution >= 4 is 11.1 Å². The Bertz CT molecular complexity index is 982. The van der Waals surface area contributed by atoms with Gasteiger partial charge in [0.1, 0.15) is 5.76 Å². The van der Waals surface area contributed by atoms with E-state index >= 15 is 0 Å². The molecule has 0 aliphatic rings. The van der Waals surface area contributed by atoms with E-state index in [1.54, 1.807) is 12.1 Å². The predicted molar refractivity (Wildman–Crippen MR) is 94.8 cm³/mol. The highest BCUT2D eigenvalue weighted by Gasteiger charge is 2.17. The number of rotatable bonds is 4. The summed E-state index contributed by atoms with van der Waals surface area (Å²) < 4.78 is 21.9. The highest BCUT2D eigenvalue weighted by Crippen LogP contribution is 2.41. The molecule has 0 spiro atoms. The smallest absolute Gasteiger partial charge is 0.231 e. The molecule has 130 valence electrons. The first kappa shape index (κ1) is 16.8. The van der Waals surface area contributed by atoms with Crippen molar-refractivity contribution in [1.82, 2.24) is 4.98 Å². The van der Waals surface area contributed by atoms with Crippen LogP contribution in [0, 0.1) is 13.8 Å². The number of hydrogen-bond donors (Lipinski definition) is 0. The van der Waals surface area contributed by atoms with Crippen molar-refractivity contribution in [1.29, 1.82) is 0 Å². The summed E-state index contributed by atoms with van der Waals surface area (Å²) in [6.45, 7) is 3.73.